The lowest BCUT2D eigenvalue weighted by Crippen LogP contribution is -2.41. The number of pyridine rings is 1. The number of rotatable bonds is 5. The van der Waals surface area contributed by atoms with E-state index in [1.165, 1.54) is 0 Å². The molecule has 0 saturated carbocycles. The number of alkyl halides is 3. The molecule has 6 heteroatoms. The van der Waals surface area contributed by atoms with E-state index < -0.39 is 12.1 Å². The zero-order valence-corrected chi connectivity index (χ0v) is 11.4. The fraction of sp³-hybridized carbons (Fsp3) is 0.643. The first kappa shape index (κ1) is 15.3. The third-order valence-corrected chi connectivity index (χ3v) is 3.71. The highest BCUT2D eigenvalue weighted by atomic mass is 19.4. The second-order valence-electron chi connectivity index (χ2n) is 5.20. The van der Waals surface area contributed by atoms with Crippen LogP contribution in [-0.4, -0.2) is 42.2 Å². The van der Waals surface area contributed by atoms with Crippen LogP contribution in [-0.2, 0) is 6.54 Å². The summed E-state index contributed by atoms with van der Waals surface area (Å²) in [4.78, 5) is 6.12. The molecule has 1 saturated heterocycles. The molecule has 0 aromatic carbocycles. The molecular weight excluding hydrogens is 267 g/mol. The van der Waals surface area contributed by atoms with E-state index in [-0.39, 0.29) is 12.8 Å². The molecule has 1 fully saturated rings. The number of piperidine rings is 1. The molecule has 1 aliphatic heterocycles. The van der Waals surface area contributed by atoms with E-state index in [1.54, 1.807) is 6.20 Å². The Bertz CT molecular complexity index is 386. The standard InChI is InChI=1S/C14H20F3N3/c15-14(16,17)13-3-7-20(8-4-13)9-6-19-11-12-2-1-5-18-10-12/h1-2,5,10,13,19H,3-4,6-9,11H2. The molecular formula is C14H20F3N3. The third-order valence-electron chi connectivity index (χ3n) is 3.71. The van der Waals surface area contributed by atoms with E-state index >= 15 is 0 Å². The molecule has 2 rings (SSSR count). The summed E-state index contributed by atoms with van der Waals surface area (Å²) >= 11 is 0. The lowest BCUT2D eigenvalue weighted by molar-refractivity contribution is -0.184. The molecule has 0 amide bonds. The molecule has 1 aromatic rings. The van der Waals surface area contributed by atoms with Crippen molar-refractivity contribution in [1.82, 2.24) is 15.2 Å². The van der Waals surface area contributed by atoms with E-state index in [2.05, 4.69) is 15.2 Å². The summed E-state index contributed by atoms with van der Waals surface area (Å²) in [5.41, 5.74) is 1.11. The Labute approximate surface area is 117 Å². The van der Waals surface area contributed by atoms with Gasteiger partial charge in [-0.05, 0) is 37.6 Å². The van der Waals surface area contributed by atoms with Crippen LogP contribution >= 0.6 is 0 Å². The Kier molecular flexibility index (Phi) is 5.37. The first-order chi connectivity index (χ1) is 9.55. The minimum Gasteiger partial charge on any atom is -0.311 e. The Morgan fingerprint density at radius 3 is 2.65 bits per heavy atom. The summed E-state index contributed by atoms with van der Waals surface area (Å²) in [6.07, 6.45) is -0.0288. The van der Waals surface area contributed by atoms with Crippen LogP contribution in [0.25, 0.3) is 0 Å². The summed E-state index contributed by atoms with van der Waals surface area (Å²) in [6, 6.07) is 3.88. The topological polar surface area (TPSA) is 28.2 Å². The minimum absolute atomic E-state index is 0.228. The minimum atomic E-state index is -4.02. The van der Waals surface area contributed by atoms with Gasteiger partial charge < -0.3 is 10.2 Å². The summed E-state index contributed by atoms with van der Waals surface area (Å²) in [5, 5.41) is 3.29. The first-order valence-corrected chi connectivity index (χ1v) is 6.94. The van der Waals surface area contributed by atoms with Gasteiger partial charge in [0.2, 0.25) is 0 Å². The van der Waals surface area contributed by atoms with Gasteiger partial charge >= 0.3 is 6.18 Å². The maximum Gasteiger partial charge on any atom is 0.391 e. The second kappa shape index (κ2) is 7.04. The third kappa shape index (κ3) is 4.76. The van der Waals surface area contributed by atoms with E-state index in [4.69, 9.17) is 0 Å². The Morgan fingerprint density at radius 2 is 2.05 bits per heavy atom. The van der Waals surface area contributed by atoms with Gasteiger partial charge in [0.15, 0.2) is 0 Å². The SMILES string of the molecule is FC(F)(F)C1CCN(CCNCc2cccnc2)CC1. The van der Waals surface area contributed by atoms with E-state index in [0.29, 0.717) is 13.1 Å². The fourth-order valence-electron chi connectivity index (χ4n) is 2.46. The quantitative estimate of drug-likeness (QED) is 0.843. The molecule has 1 aromatic heterocycles. The van der Waals surface area contributed by atoms with Gasteiger partial charge in [0, 0.05) is 32.0 Å². The molecule has 0 aliphatic carbocycles. The smallest absolute Gasteiger partial charge is 0.311 e. The van der Waals surface area contributed by atoms with Crippen LogP contribution in [0.3, 0.4) is 0 Å². The first-order valence-electron chi connectivity index (χ1n) is 6.94. The van der Waals surface area contributed by atoms with Gasteiger partial charge in [0.1, 0.15) is 0 Å². The van der Waals surface area contributed by atoms with Crippen molar-refractivity contribution in [1.29, 1.82) is 0 Å². The molecule has 0 bridgehead atoms. The predicted molar refractivity (Wildman–Crippen MR) is 71.2 cm³/mol. The van der Waals surface area contributed by atoms with Gasteiger partial charge in [-0.15, -0.1) is 0 Å². The number of hydrogen-bond acceptors (Lipinski definition) is 3. The molecule has 2 heterocycles. The van der Waals surface area contributed by atoms with Crippen molar-refractivity contribution in [3.05, 3.63) is 30.1 Å². The van der Waals surface area contributed by atoms with E-state index in [0.717, 1.165) is 25.2 Å². The summed E-state index contributed by atoms with van der Waals surface area (Å²) in [5.74, 6) is -1.11. The van der Waals surface area contributed by atoms with Crippen molar-refractivity contribution in [2.45, 2.75) is 25.6 Å². The van der Waals surface area contributed by atoms with Crippen LogP contribution in [0.2, 0.25) is 0 Å². The number of hydrogen-bond donors (Lipinski definition) is 1. The maximum absolute atomic E-state index is 12.5. The molecule has 0 atom stereocenters. The molecule has 0 spiro atoms. The largest absolute Gasteiger partial charge is 0.391 e. The Morgan fingerprint density at radius 1 is 1.30 bits per heavy atom. The van der Waals surface area contributed by atoms with Gasteiger partial charge in [-0.25, -0.2) is 0 Å². The van der Waals surface area contributed by atoms with Crippen molar-refractivity contribution in [2.75, 3.05) is 26.2 Å². The second-order valence-corrected chi connectivity index (χ2v) is 5.20. The van der Waals surface area contributed by atoms with Crippen molar-refractivity contribution >= 4 is 0 Å². The van der Waals surface area contributed by atoms with Crippen LogP contribution in [0.1, 0.15) is 18.4 Å². The summed E-state index contributed by atoms with van der Waals surface area (Å²) < 4.78 is 37.6. The predicted octanol–water partition coefficient (Wildman–Crippen LogP) is 2.45. The fourth-order valence-corrected chi connectivity index (χ4v) is 2.46. The number of nitrogens with zero attached hydrogens (tertiary/aromatic N) is 2. The van der Waals surface area contributed by atoms with Gasteiger partial charge in [0.05, 0.1) is 5.92 Å². The van der Waals surface area contributed by atoms with Gasteiger partial charge in [-0.3, -0.25) is 4.98 Å². The van der Waals surface area contributed by atoms with Crippen molar-refractivity contribution < 1.29 is 13.2 Å². The molecule has 0 unspecified atom stereocenters. The highest BCUT2D eigenvalue weighted by Crippen LogP contribution is 2.33. The van der Waals surface area contributed by atoms with Crippen LogP contribution in [0, 0.1) is 5.92 Å². The van der Waals surface area contributed by atoms with Crippen LogP contribution in [0.15, 0.2) is 24.5 Å². The van der Waals surface area contributed by atoms with Crippen LogP contribution < -0.4 is 5.32 Å². The Balaban J connectivity index is 1.60. The maximum atomic E-state index is 12.5. The molecule has 1 N–H and O–H groups in total. The van der Waals surface area contributed by atoms with Crippen LogP contribution in [0.4, 0.5) is 13.2 Å². The zero-order chi connectivity index (χ0) is 14.4. The molecule has 112 valence electrons. The molecule has 0 radical (unpaired) electrons. The number of nitrogens with one attached hydrogen (secondary N) is 1. The summed E-state index contributed by atoms with van der Waals surface area (Å²) in [6.45, 7) is 3.40. The monoisotopic (exact) mass is 287 g/mol. The number of halogens is 3. The summed E-state index contributed by atoms with van der Waals surface area (Å²) in [7, 11) is 0. The zero-order valence-electron chi connectivity index (χ0n) is 11.4. The van der Waals surface area contributed by atoms with Crippen LogP contribution in [0.5, 0.6) is 0 Å². The lowest BCUT2D eigenvalue weighted by atomic mass is 9.96. The van der Waals surface area contributed by atoms with Crippen molar-refractivity contribution in [3.8, 4) is 0 Å². The van der Waals surface area contributed by atoms with Gasteiger partial charge in [-0.1, -0.05) is 6.07 Å². The number of aromatic nitrogens is 1. The van der Waals surface area contributed by atoms with E-state index in [9.17, 15) is 13.2 Å². The highest BCUT2D eigenvalue weighted by molar-refractivity contribution is 5.07. The van der Waals surface area contributed by atoms with Gasteiger partial charge in [-0.2, -0.15) is 13.2 Å². The molecule has 20 heavy (non-hydrogen) atoms. The average Bonchev–Trinajstić information content (AvgIpc) is 2.44. The molecule has 1 aliphatic rings. The average molecular weight is 287 g/mol. The highest BCUT2D eigenvalue weighted by Gasteiger charge is 2.40. The van der Waals surface area contributed by atoms with Gasteiger partial charge in [0.25, 0.3) is 0 Å². The Hall–Kier alpha value is -1.14. The molecule has 3 nitrogen and oxygen atoms in total. The van der Waals surface area contributed by atoms with Crippen molar-refractivity contribution in [2.24, 2.45) is 5.92 Å². The number of likely N-dealkylation sites (tertiary alicyclic amines) is 1. The van der Waals surface area contributed by atoms with Crippen molar-refractivity contribution in [3.63, 3.8) is 0 Å². The lowest BCUT2D eigenvalue weighted by Gasteiger charge is -2.32. The normalized spacial score (nSPS) is 18.4. The van der Waals surface area contributed by atoms with E-state index in [1.807, 2.05) is 18.3 Å².